The molecule has 0 aliphatic heterocycles. The van der Waals surface area contributed by atoms with Gasteiger partial charge in [-0.25, -0.2) is 0 Å². The number of nitrogens with one attached hydrogen (secondary N) is 2. The Bertz CT molecular complexity index is 237. The molecule has 1 aliphatic carbocycles. The van der Waals surface area contributed by atoms with Gasteiger partial charge in [0.05, 0.1) is 0 Å². The van der Waals surface area contributed by atoms with E-state index in [1.807, 2.05) is 0 Å². The third kappa shape index (κ3) is 7.13. The summed E-state index contributed by atoms with van der Waals surface area (Å²) in [5, 5.41) is 7.07. The van der Waals surface area contributed by atoms with E-state index in [0.717, 1.165) is 31.4 Å². The van der Waals surface area contributed by atoms with Crippen LogP contribution in [0.15, 0.2) is 0 Å². The summed E-state index contributed by atoms with van der Waals surface area (Å²) in [6, 6.07) is 0. The van der Waals surface area contributed by atoms with Gasteiger partial charge in [-0.15, -0.1) is 0 Å². The maximum absolute atomic E-state index is 3.55. The van der Waals surface area contributed by atoms with Gasteiger partial charge in [0.15, 0.2) is 0 Å². The van der Waals surface area contributed by atoms with Gasteiger partial charge in [0.1, 0.15) is 0 Å². The van der Waals surface area contributed by atoms with E-state index in [1.165, 1.54) is 44.9 Å². The molecule has 0 saturated heterocycles. The molecule has 0 spiro atoms. The van der Waals surface area contributed by atoms with Crippen molar-refractivity contribution in [3.8, 4) is 0 Å². The quantitative estimate of drug-likeness (QED) is 0.466. The molecular weight excluding hydrogens is 243 g/mol. The highest BCUT2D eigenvalue weighted by atomic mass is 14.9. The molecule has 0 heterocycles. The number of hydrogen-bond acceptors (Lipinski definition) is 2. The van der Waals surface area contributed by atoms with E-state index in [2.05, 4.69) is 45.7 Å². The maximum atomic E-state index is 3.55. The van der Waals surface area contributed by atoms with Crippen molar-refractivity contribution >= 4 is 7.41 Å². The van der Waals surface area contributed by atoms with Crippen molar-refractivity contribution in [2.24, 2.45) is 11.3 Å². The first-order valence-corrected chi connectivity index (χ1v) is 8.87. The van der Waals surface area contributed by atoms with Gasteiger partial charge < -0.3 is 10.5 Å². The number of rotatable bonds is 10. The third-order valence-electron chi connectivity index (χ3n) is 5.16. The zero-order valence-electron chi connectivity index (χ0n) is 14.3. The summed E-state index contributed by atoms with van der Waals surface area (Å²) in [7, 11) is 2.37. The van der Waals surface area contributed by atoms with Crippen LogP contribution in [0, 0.1) is 11.3 Å². The Balaban J connectivity index is 1.95. The molecular formula is C17H36BN2. The molecule has 1 unspecified atom stereocenters. The third-order valence-corrected chi connectivity index (χ3v) is 5.16. The second-order valence-electron chi connectivity index (χ2n) is 7.22. The molecule has 0 bridgehead atoms. The molecule has 2 nitrogen and oxygen atoms in total. The van der Waals surface area contributed by atoms with E-state index in [-0.39, 0.29) is 0 Å². The first-order valence-electron chi connectivity index (χ1n) is 8.87. The van der Waals surface area contributed by atoms with Gasteiger partial charge in [0, 0.05) is 6.54 Å². The topological polar surface area (TPSA) is 24.1 Å². The van der Waals surface area contributed by atoms with E-state index in [0.29, 0.717) is 5.41 Å². The average Bonchev–Trinajstić information content (AvgIpc) is 2.45. The van der Waals surface area contributed by atoms with E-state index in [4.69, 9.17) is 0 Å². The summed E-state index contributed by atoms with van der Waals surface area (Å²) < 4.78 is 0. The Morgan fingerprint density at radius 1 is 1.20 bits per heavy atom. The van der Waals surface area contributed by atoms with Gasteiger partial charge in [0.2, 0.25) is 7.41 Å². The van der Waals surface area contributed by atoms with Crippen LogP contribution in [0.3, 0.4) is 0 Å². The Morgan fingerprint density at radius 2 is 1.90 bits per heavy atom. The summed E-state index contributed by atoms with van der Waals surface area (Å²) in [5.41, 5.74) is 0.626. The highest BCUT2D eigenvalue weighted by molar-refractivity contribution is 6.34. The molecule has 0 aromatic carbocycles. The standard InChI is InChI=1S/C17H36BN2/c1-5-7-15(3)14-19-12-13-20-18-16-8-10-17(4,6-2)11-9-16/h15-16,19-20H,5-14H2,1-4H3. The molecule has 0 amide bonds. The molecule has 117 valence electrons. The lowest BCUT2D eigenvalue weighted by molar-refractivity contribution is 0.207. The first kappa shape index (κ1) is 18.0. The summed E-state index contributed by atoms with van der Waals surface area (Å²) >= 11 is 0. The van der Waals surface area contributed by atoms with Crippen molar-refractivity contribution in [2.75, 3.05) is 19.6 Å². The van der Waals surface area contributed by atoms with Crippen molar-refractivity contribution in [3.05, 3.63) is 0 Å². The Kier molecular flexibility index (Phi) is 8.87. The molecule has 1 fully saturated rings. The fourth-order valence-corrected chi connectivity index (χ4v) is 3.21. The molecule has 0 aromatic rings. The van der Waals surface area contributed by atoms with Crippen molar-refractivity contribution in [1.82, 2.24) is 10.5 Å². The molecule has 1 saturated carbocycles. The zero-order valence-corrected chi connectivity index (χ0v) is 14.3. The monoisotopic (exact) mass is 279 g/mol. The van der Waals surface area contributed by atoms with E-state index in [1.54, 1.807) is 0 Å². The van der Waals surface area contributed by atoms with Crippen LogP contribution in [-0.4, -0.2) is 27.0 Å². The smallest absolute Gasteiger partial charge is 0.208 e. The van der Waals surface area contributed by atoms with Crippen LogP contribution in [0.25, 0.3) is 0 Å². The van der Waals surface area contributed by atoms with Crippen LogP contribution in [0.2, 0.25) is 5.82 Å². The van der Waals surface area contributed by atoms with Crippen LogP contribution in [0.1, 0.15) is 72.6 Å². The Labute approximate surface area is 128 Å². The van der Waals surface area contributed by atoms with Gasteiger partial charge in [-0.1, -0.05) is 59.2 Å². The minimum absolute atomic E-state index is 0.626. The Hall–Kier alpha value is -0.0151. The molecule has 0 aromatic heterocycles. The minimum atomic E-state index is 0.626. The second kappa shape index (κ2) is 9.84. The minimum Gasteiger partial charge on any atom is -0.359 e. The maximum Gasteiger partial charge on any atom is 0.208 e. The van der Waals surface area contributed by atoms with E-state index < -0.39 is 0 Å². The van der Waals surface area contributed by atoms with Crippen LogP contribution in [0.4, 0.5) is 0 Å². The van der Waals surface area contributed by atoms with Crippen LogP contribution in [0.5, 0.6) is 0 Å². The second-order valence-corrected chi connectivity index (χ2v) is 7.22. The van der Waals surface area contributed by atoms with Crippen molar-refractivity contribution in [2.45, 2.75) is 78.5 Å². The first-order chi connectivity index (χ1) is 9.59. The molecule has 1 rings (SSSR count). The van der Waals surface area contributed by atoms with E-state index >= 15 is 0 Å². The molecule has 3 heteroatoms. The van der Waals surface area contributed by atoms with Gasteiger partial charge in [-0.05, 0) is 43.7 Å². The van der Waals surface area contributed by atoms with Gasteiger partial charge >= 0.3 is 0 Å². The fraction of sp³-hybridized carbons (Fsp3) is 1.00. The Morgan fingerprint density at radius 3 is 2.50 bits per heavy atom. The highest BCUT2D eigenvalue weighted by Gasteiger charge is 2.29. The summed E-state index contributed by atoms with van der Waals surface area (Å²) in [6.07, 6.45) is 9.53. The molecule has 1 aliphatic rings. The van der Waals surface area contributed by atoms with Crippen molar-refractivity contribution in [1.29, 1.82) is 0 Å². The van der Waals surface area contributed by atoms with Crippen LogP contribution >= 0.6 is 0 Å². The predicted octanol–water partition coefficient (Wildman–Crippen LogP) is 4.00. The normalized spacial score (nSPS) is 28.3. The molecule has 1 radical (unpaired) electrons. The van der Waals surface area contributed by atoms with Crippen LogP contribution < -0.4 is 10.5 Å². The van der Waals surface area contributed by atoms with Gasteiger partial charge in [0.25, 0.3) is 0 Å². The molecule has 1 atom stereocenters. The van der Waals surface area contributed by atoms with Gasteiger partial charge in [-0.3, -0.25) is 0 Å². The zero-order chi connectivity index (χ0) is 14.8. The average molecular weight is 279 g/mol. The number of hydrogen-bond donors (Lipinski definition) is 2. The lowest BCUT2D eigenvalue weighted by Gasteiger charge is -2.36. The van der Waals surface area contributed by atoms with Gasteiger partial charge in [-0.2, -0.15) is 0 Å². The van der Waals surface area contributed by atoms with Crippen molar-refractivity contribution < 1.29 is 0 Å². The lowest BCUT2D eigenvalue weighted by atomic mass is 9.60. The molecule has 20 heavy (non-hydrogen) atoms. The molecule has 2 N–H and O–H groups in total. The summed E-state index contributed by atoms with van der Waals surface area (Å²) in [4.78, 5) is 0. The lowest BCUT2D eigenvalue weighted by Crippen LogP contribution is -2.35. The van der Waals surface area contributed by atoms with Crippen molar-refractivity contribution in [3.63, 3.8) is 0 Å². The summed E-state index contributed by atoms with van der Waals surface area (Å²) in [6.45, 7) is 12.7. The summed E-state index contributed by atoms with van der Waals surface area (Å²) in [5.74, 6) is 1.61. The van der Waals surface area contributed by atoms with Crippen LogP contribution in [-0.2, 0) is 0 Å². The predicted molar refractivity (Wildman–Crippen MR) is 91.3 cm³/mol. The van der Waals surface area contributed by atoms with E-state index in [9.17, 15) is 0 Å². The SMILES string of the molecule is CCCC(C)CNCCN[B]C1CCC(C)(CC)CC1. The fourth-order valence-electron chi connectivity index (χ4n) is 3.21. The highest BCUT2D eigenvalue weighted by Crippen LogP contribution is 2.42. The largest absolute Gasteiger partial charge is 0.359 e.